The van der Waals surface area contributed by atoms with Crippen molar-refractivity contribution < 1.29 is 4.52 Å². The maximum absolute atomic E-state index is 8.56. The normalized spacial score (nSPS) is 13.6. The summed E-state index contributed by atoms with van der Waals surface area (Å²) in [5.41, 5.74) is 0. The van der Waals surface area contributed by atoms with E-state index in [1.54, 1.807) is 7.11 Å². The van der Waals surface area contributed by atoms with Crippen LogP contribution >= 0.6 is 8.30 Å². The summed E-state index contributed by atoms with van der Waals surface area (Å²) < 4.78 is 7.83. The van der Waals surface area contributed by atoms with Crippen molar-refractivity contribution >= 4 is 8.30 Å². The molecule has 0 aliphatic rings. The molecule has 1 unspecified atom stereocenters. The molecular formula is C10H21N2OP. The summed E-state index contributed by atoms with van der Waals surface area (Å²) in [6.45, 7) is 8.67. The number of hydrogen-bond donors (Lipinski definition) is 0. The Morgan fingerprint density at radius 1 is 1.29 bits per heavy atom. The molecule has 82 valence electrons. The fourth-order valence-electron chi connectivity index (χ4n) is 1.56. The minimum absolute atomic E-state index is 0.472. The molecule has 0 aromatic carbocycles. The van der Waals surface area contributed by atoms with E-state index in [1.807, 2.05) is 0 Å². The molecule has 0 aliphatic carbocycles. The average molecular weight is 216 g/mol. The lowest BCUT2D eigenvalue weighted by Crippen LogP contribution is -2.33. The Morgan fingerprint density at radius 2 is 1.79 bits per heavy atom. The van der Waals surface area contributed by atoms with Gasteiger partial charge in [-0.3, -0.25) is 4.67 Å². The summed E-state index contributed by atoms with van der Waals surface area (Å²) in [5.74, 6) is 0. The molecule has 3 nitrogen and oxygen atoms in total. The third-order valence-electron chi connectivity index (χ3n) is 1.94. The Balaban J connectivity index is 4.35. The zero-order valence-corrected chi connectivity index (χ0v) is 10.7. The predicted octanol–water partition coefficient (Wildman–Crippen LogP) is 2.98. The van der Waals surface area contributed by atoms with E-state index in [0.29, 0.717) is 18.5 Å². The van der Waals surface area contributed by atoms with Gasteiger partial charge < -0.3 is 4.52 Å². The Bertz CT molecular complexity index is 181. The lowest BCUT2D eigenvalue weighted by atomic mass is 10.3. The first kappa shape index (κ1) is 13.8. The van der Waals surface area contributed by atoms with Crippen molar-refractivity contribution in [3.05, 3.63) is 0 Å². The monoisotopic (exact) mass is 216 g/mol. The van der Waals surface area contributed by atoms with E-state index in [4.69, 9.17) is 9.79 Å². The van der Waals surface area contributed by atoms with Crippen molar-refractivity contribution in [1.29, 1.82) is 5.26 Å². The molecule has 0 spiro atoms. The molecule has 0 aromatic heterocycles. The van der Waals surface area contributed by atoms with Gasteiger partial charge in [-0.25, -0.2) is 0 Å². The molecule has 0 heterocycles. The second-order valence-corrected chi connectivity index (χ2v) is 5.71. The zero-order chi connectivity index (χ0) is 11.1. The van der Waals surface area contributed by atoms with E-state index in [9.17, 15) is 0 Å². The second kappa shape index (κ2) is 7.17. The van der Waals surface area contributed by atoms with E-state index in [2.05, 4.69) is 38.4 Å². The average Bonchev–Trinajstić information content (AvgIpc) is 2.10. The van der Waals surface area contributed by atoms with Gasteiger partial charge in [0.05, 0.1) is 6.07 Å². The van der Waals surface area contributed by atoms with E-state index in [0.717, 1.165) is 6.16 Å². The molecule has 0 saturated heterocycles. The highest BCUT2D eigenvalue weighted by Crippen LogP contribution is 2.44. The van der Waals surface area contributed by atoms with Gasteiger partial charge in [0.2, 0.25) is 0 Å². The van der Waals surface area contributed by atoms with Crippen molar-refractivity contribution in [2.75, 3.05) is 13.3 Å². The van der Waals surface area contributed by atoms with Crippen molar-refractivity contribution in [1.82, 2.24) is 4.67 Å². The number of nitrogens with zero attached hydrogens (tertiary/aromatic N) is 2. The number of nitriles is 1. The highest BCUT2D eigenvalue weighted by atomic mass is 31.2. The maximum Gasteiger partial charge on any atom is 0.105 e. The Hall–Kier alpha value is -0.160. The second-order valence-electron chi connectivity index (χ2n) is 3.73. The quantitative estimate of drug-likeness (QED) is 0.640. The molecule has 14 heavy (non-hydrogen) atoms. The van der Waals surface area contributed by atoms with Gasteiger partial charge in [-0.1, -0.05) is 0 Å². The topological polar surface area (TPSA) is 36.3 Å². The minimum Gasteiger partial charge on any atom is -0.347 e. The van der Waals surface area contributed by atoms with E-state index >= 15 is 0 Å². The van der Waals surface area contributed by atoms with Gasteiger partial charge in [0.25, 0.3) is 0 Å². The fraction of sp³-hybridized carbons (Fsp3) is 0.900. The van der Waals surface area contributed by atoms with Crippen LogP contribution in [0.4, 0.5) is 0 Å². The summed E-state index contributed by atoms with van der Waals surface area (Å²) in [6, 6.07) is 3.12. The molecule has 0 N–H and O–H groups in total. The van der Waals surface area contributed by atoms with Crippen LogP contribution in [0.2, 0.25) is 0 Å². The highest BCUT2D eigenvalue weighted by molar-refractivity contribution is 7.50. The first-order valence-corrected chi connectivity index (χ1v) is 6.41. The van der Waals surface area contributed by atoms with Crippen LogP contribution in [-0.4, -0.2) is 30.0 Å². The molecule has 0 rings (SSSR count). The van der Waals surface area contributed by atoms with Crippen LogP contribution in [0.3, 0.4) is 0 Å². The molecule has 0 amide bonds. The summed E-state index contributed by atoms with van der Waals surface area (Å²) in [7, 11) is 1.14. The van der Waals surface area contributed by atoms with Gasteiger partial charge in [-0.05, 0) is 27.7 Å². The SMILES string of the molecule is COP(CCC#N)N(C(C)C)C(C)C. The van der Waals surface area contributed by atoms with Gasteiger partial charge in [0.1, 0.15) is 8.30 Å². The fourth-order valence-corrected chi connectivity index (χ4v) is 3.48. The summed E-state index contributed by atoms with van der Waals surface area (Å²) in [6.07, 6.45) is 1.42. The lowest BCUT2D eigenvalue weighted by Gasteiger charge is -2.36. The Morgan fingerprint density at radius 3 is 2.07 bits per heavy atom. The lowest BCUT2D eigenvalue weighted by molar-refractivity contribution is 0.279. The van der Waals surface area contributed by atoms with E-state index in [1.165, 1.54) is 0 Å². The van der Waals surface area contributed by atoms with Crippen LogP contribution in [0, 0.1) is 11.3 Å². The Kier molecular flexibility index (Phi) is 7.09. The molecule has 0 bridgehead atoms. The van der Waals surface area contributed by atoms with Crippen LogP contribution in [-0.2, 0) is 4.52 Å². The first-order chi connectivity index (χ1) is 6.54. The minimum atomic E-state index is -0.596. The van der Waals surface area contributed by atoms with Gasteiger partial charge in [-0.2, -0.15) is 5.26 Å². The van der Waals surface area contributed by atoms with Crippen molar-refractivity contribution in [3.8, 4) is 6.07 Å². The molecular weight excluding hydrogens is 195 g/mol. The molecule has 0 fully saturated rings. The highest BCUT2D eigenvalue weighted by Gasteiger charge is 2.23. The van der Waals surface area contributed by atoms with Crippen molar-refractivity contribution in [2.24, 2.45) is 0 Å². The maximum atomic E-state index is 8.56. The largest absolute Gasteiger partial charge is 0.347 e. The summed E-state index contributed by atoms with van der Waals surface area (Å²) in [4.78, 5) is 0. The Labute approximate surface area is 88.9 Å². The van der Waals surface area contributed by atoms with Crippen LogP contribution < -0.4 is 0 Å². The van der Waals surface area contributed by atoms with Gasteiger partial charge >= 0.3 is 0 Å². The first-order valence-electron chi connectivity index (χ1n) is 5.01. The molecule has 1 atom stereocenters. The van der Waals surface area contributed by atoms with Crippen molar-refractivity contribution in [3.63, 3.8) is 0 Å². The molecule has 0 saturated carbocycles. The number of hydrogen-bond acceptors (Lipinski definition) is 3. The van der Waals surface area contributed by atoms with Gasteiger partial charge in [0, 0.05) is 31.8 Å². The molecule has 4 heteroatoms. The standard InChI is InChI=1S/C10H21N2OP/c1-9(2)12(10(3)4)14(13-5)8-6-7-11/h9-10H,6,8H2,1-5H3. The van der Waals surface area contributed by atoms with Crippen LogP contribution in [0.5, 0.6) is 0 Å². The van der Waals surface area contributed by atoms with Gasteiger partial charge in [-0.15, -0.1) is 0 Å². The third kappa shape index (κ3) is 4.37. The summed E-state index contributed by atoms with van der Waals surface area (Å²) >= 11 is 0. The smallest absolute Gasteiger partial charge is 0.105 e. The van der Waals surface area contributed by atoms with Crippen LogP contribution in [0.1, 0.15) is 34.1 Å². The predicted molar refractivity (Wildman–Crippen MR) is 61.1 cm³/mol. The zero-order valence-electron chi connectivity index (χ0n) is 9.82. The van der Waals surface area contributed by atoms with E-state index < -0.39 is 8.30 Å². The van der Waals surface area contributed by atoms with Crippen LogP contribution in [0.15, 0.2) is 0 Å². The third-order valence-corrected chi connectivity index (χ3v) is 4.41. The number of rotatable bonds is 6. The van der Waals surface area contributed by atoms with E-state index in [-0.39, 0.29) is 0 Å². The molecule has 0 aromatic rings. The van der Waals surface area contributed by atoms with Gasteiger partial charge in [0.15, 0.2) is 0 Å². The van der Waals surface area contributed by atoms with Crippen molar-refractivity contribution in [2.45, 2.75) is 46.2 Å². The molecule has 0 radical (unpaired) electrons. The van der Waals surface area contributed by atoms with Crippen LogP contribution in [0.25, 0.3) is 0 Å². The summed E-state index contributed by atoms with van der Waals surface area (Å²) in [5, 5.41) is 8.56. The molecule has 0 aliphatic heterocycles.